The maximum absolute atomic E-state index is 3.76. The Kier molecular flexibility index (Phi) is 2.25. The van der Waals surface area contributed by atoms with Gasteiger partial charge in [0, 0.05) is 0 Å². The summed E-state index contributed by atoms with van der Waals surface area (Å²) >= 11 is 0. The Morgan fingerprint density at radius 2 is 2.00 bits per heavy atom. The first-order valence-corrected chi connectivity index (χ1v) is 2.10. The Morgan fingerprint density at radius 1 is 1.80 bits per heavy atom. The highest BCUT2D eigenvalue weighted by atomic mass is 13.9. The minimum Gasteiger partial charge on any atom is -0.0651 e. The normalized spacial score (nSPS) is 9.60. The van der Waals surface area contributed by atoms with Crippen molar-refractivity contribution < 1.29 is 0 Å². The predicted molar refractivity (Wildman–Crippen MR) is 24.8 cm³/mol. The van der Waals surface area contributed by atoms with Crippen LogP contribution in [0.3, 0.4) is 0 Å². The monoisotopic (exact) mass is 71.1 g/mol. The van der Waals surface area contributed by atoms with Crippen molar-refractivity contribution in [3.05, 3.63) is 6.92 Å². The Labute approximate surface area is 34.2 Å². The lowest BCUT2D eigenvalue weighted by atomic mass is 10.2. The number of hydrogen-bond acceptors (Lipinski definition) is 0. The summed E-state index contributed by atoms with van der Waals surface area (Å²) in [5, 5.41) is 0. The SMILES string of the molecule is [CH2][C@@H](C)CC. The molecule has 0 amide bonds. The van der Waals surface area contributed by atoms with Crippen LogP contribution in [0.25, 0.3) is 0 Å². The second-order valence-corrected chi connectivity index (χ2v) is 1.51. The molecule has 0 aromatic rings. The predicted octanol–water partition coefficient (Wildman–Crippen LogP) is 1.87. The van der Waals surface area contributed by atoms with Crippen LogP contribution in [0.4, 0.5) is 0 Å². The first kappa shape index (κ1) is 5.00. The highest BCUT2D eigenvalue weighted by Crippen LogP contribution is 1.93. The summed E-state index contributed by atoms with van der Waals surface area (Å²) in [7, 11) is 0. The van der Waals surface area contributed by atoms with E-state index in [1.54, 1.807) is 0 Å². The van der Waals surface area contributed by atoms with Crippen LogP contribution in [0.2, 0.25) is 0 Å². The lowest BCUT2D eigenvalue weighted by Crippen LogP contribution is -1.77. The molecule has 5 heavy (non-hydrogen) atoms. The molecule has 0 saturated carbocycles. The topological polar surface area (TPSA) is 0 Å². The van der Waals surface area contributed by atoms with Gasteiger partial charge in [-0.1, -0.05) is 27.2 Å². The van der Waals surface area contributed by atoms with Crippen LogP contribution in [0, 0.1) is 12.8 Å². The minimum atomic E-state index is 0.634. The lowest BCUT2D eigenvalue weighted by molar-refractivity contribution is 0.694. The zero-order chi connectivity index (χ0) is 4.28. The smallest absolute Gasteiger partial charge is 0.0445 e. The molecule has 0 heteroatoms. The molecular weight excluding hydrogens is 60.1 g/mol. The van der Waals surface area contributed by atoms with Gasteiger partial charge in [-0.15, -0.1) is 0 Å². The van der Waals surface area contributed by atoms with Gasteiger partial charge in [-0.2, -0.15) is 0 Å². The Balaban J connectivity index is 2.54. The van der Waals surface area contributed by atoms with E-state index in [1.807, 2.05) is 0 Å². The van der Waals surface area contributed by atoms with E-state index in [-0.39, 0.29) is 0 Å². The van der Waals surface area contributed by atoms with Crippen LogP contribution >= 0.6 is 0 Å². The molecule has 0 spiro atoms. The van der Waals surface area contributed by atoms with Crippen LogP contribution in [-0.4, -0.2) is 0 Å². The molecule has 0 aromatic carbocycles. The van der Waals surface area contributed by atoms with Crippen molar-refractivity contribution in [3.8, 4) is 0 Å². The lowest BCUT2D eigenvalue weighted by Gasteiger charge is -1.90. The van der Waals surface area contributed by atoms with Crippen molar-refractivity contribution in [2.24, 2.45) is 5.92 Å². The first-order chi connectivity index (χ1) is 2.27. The third kappa shape index (κ3) is 4.00. The van der Waals surface area contributed by atoms with E-state index in [4.69, 9.17) is 0 Å². The standard InChI is InChI=1S/C5H11/c1-4-5(2)3/h5H,2,4H2,1,3H3/t5-/m0/s1. The summed E-state index contributed by atoms with van der Waals surface area (Å²) in [6.07, 6.45) is 1.19. The van der Waals surface area contributed by atoms with Crippen LogP contribution in [-0.2, 0) is 0 Å². The van der Waals surface area contributed by atoms with E-state index < -0.39 is 0 Å². The zero-order valence-corrected chi connectivity index (χ0v) is 3.99. The Bertz CT molecular complexity index is 14.0. The maximum atomic E-state index is 3.76. The zero-order valence-electron chi connectivity index (χ0n) is 3.99. The van der Waals surface area contributed by atoms with Crippen molar-refractivity contribution >= 4 is 0 Å². The molecule has 0 aliphatic rings. The summed E-state index contributed by atoms with van der Waals surface area (Å²) in [5.41, 5.74) is 0. The average Bonchev–Trinajstić information content (AvgIpc) is 1.38. The van der Waals surface area contributed by atoms with E-state index in [0.717, 1.165) is 0 Å². The van der Waals surface area contributed by atoms with E-state index >= 15 is 0 Å². The van der Waals surface area contributed by atoms with Gasteiger partial charge in [-0.3, -0.25) is 0 Å². The largest absolute Gasteiger partial charge is 0.0651 e. The van der Waals surface area contributed by atoms with Crippen molar-refractivity contribution in [1.82, 2.24) is 0 Å². The van der Waals surface area contributed by atoms with Gasteiger partial charge in [0.15, 0.2) is 0 Å². The maximum Gasteiger partial charge on any atom is -0.0445 e. The van der Waals surface area contributed by atoms with Crippen LogP contribution in [0.15, 0.2) is 0 Å². The molecule has 1 atom stereocenters. The van der Waals surface area contributed by atoms with Gasteiger partial charge in [0.05, 0.1) is 0 Å². The van der Waals surface area contributed by atoms with Gasteiger partial charge in [-0.05, 0) is 5.92 Å². The van der Waals surface area contributed by atoms with E-state index in [0.29, 0.717) is 5.92 Å². The molecule has 0 heterocycles. The van der Waals surface area contributed by atoms with Gasteiger partial charge in [0.2, 0.25) is 0 Å². The second kappa shape index (κ2) is 2.25. The molecule has 0 rings (SSSR count). The molecule has 0 nitrogen and oxygen atoms in total. The Hall–Kier alpha value is 0. The summed E-state index contributed by atoms with van der Waals surface area (Å²) < 4.78 is 0. The molecule has 31 valence electrons. The summed E-state index contributed by atoms with van der Waals surface area (Å²) in [4.78, 5) is 0. The number of hydrogen-bond donors (Lipinski definition) is 0. The summed E-state index contributed by atoms with van der Waals surface area (Å²) in [6, 6.07) is 0. The molecule has 0 aliphatic heterocycles. The van der Waals surface area contributed by atoms with E-state index in [9.17, 15) is 0 Å². The van der Waals surface area contributed by atoms with Gasteiger partial charge in [-0.25, -0.2) is 0 Å². The third-order valence-corrected chi connectivity index (χ3v) is 0.697. The highest BCUT2D eigenvalue weighted by molar-refractivity contribution is 4.46. The third-order valence-electron chi connectivity index (χ3n) is 0.697. The molecular formula is C5H11. The van der Waals surface area contributed by atoms with Crippen molar-refractivity contribution in [2.45, 2.75) is 20.3 Å². The molecule has 1 radical (unpaired) electrons. The van der Waals surface area contributed by atoms with E-state index in [1.165, 1.54) is 6.42 Å². The second-order valence-electron chi connectivity index (χ2n) is 1.51. The van der Waals surface area contributed by atoms with Crippen molar-refractivity contribution in [3.63, 3.8) is 0 Å². The molecule has 0 aliphatic carbocycles. The molecule has 0 aromatic heterocycles. The quantitative estimate of drug-likeness (QED) is 0.442. The Morgan fingerprint density at radius 3 is 2.00 bits per heavy atom. The first-order valence-electron chi connectivity index (χ1n) is 2.10. The van der Waals surface area contributed by atoms with Crippen molar-refractivity contribution in [1.29, 1.82) is 0 Å². The molecule has 0 unspecified atom stereocenters. The average molecular weight is 71.1 g/mol. The van der Waals surface area contributed by atoms with Crippen LogP contribution in [0.5, 0.6) is 0 Å². The molecule has 0 fully saturated rings. The van der Waals surface area contributed by atoms with Crippen molar-refractivity contribution in [2.75, 3.05) is 0 Å². The van der Waals surface area contributed by atoms with Gasteiger partial charge in [0.1, 0.15) is 0 Å². The van der Waals surface area contributed by atoms with E-state index in [2.05, 4.69) is 20.8 Å². The molecule has 0 N–H and O–H groups in total. The minimum absolute atomic E-state index is 0.634. The van der Waals surface area contributed by atoms with Gasteiger partial charge < -0.3 is 0 Å². The summed E-state index contributed by atoms with van der Waals surface area (Å²) in [6.45, 7) is 8.00. The molecule has 0 saturated heterocycles. The molecule has 0 bridgehead atoms. The van der Waals surface area contributed by atoms with Crippen LogP contribution < -0.4 is 0 Å². The fourth-order valence-corrected chi connectivity index (χ4v) is 0. The highest BCUT2D eigenvalue weighted by Gasteiger charge is 1.80. The fraction of sp³-hybridized carbons (Fsp3) is 0.800. The fourth-order valence-electron chi connectivity index (χ4n) is 0. The van der Waals surface area contributed by atoms with Crippen LogP contribution in [0.1, 0.15) is 20.3 Å². The van der Waals surface area contributed by atoms with Gasteiger partial charge in [0.25, 0.3) is 0 Å². The summed E-state index contributed by atoms with van der Waals surface area (Å²) in [5.74, 6) is 0.634. The van der Waals surface area contributed by atoms with Gasteiger partial charge >= 0.3 is 0 Å². The number of rotatable bonds is 1.